The largest absolute Gasteiger partial charge is 0.378 e. The first-order chi connectivity index (χ1) is 7.34. The van der Waals surface area contributed by atoms with Gasteiger partial charge in [-0.15, -0.1) is 0 Å². The van der Waals surface area contributed by atoms with Crippen molar-refractivity contribution in [3.63, 3.8) is 0 Å². The maximum atomic E-state index is 11.5. The van der Waals surface area contributed by atoms with Crippen LogP contribution in [0.1, 0.15) is 25.7 Å². The SMILES string of the molecule is O=C(CC1COCCN1)NCCC1CC1. The molecule has 2 rings (SSSR count). The van der Waals surface area contributed by atoms with Gasteiger partial charge >= 0.3 is 0 Å². The minimum atomic E-state index is 0.152. The van der Waals surface area contributed by atoms with Gasteiger partial charge in [-0.05, 0) is 12.3 Å². The van der Waals surface area contributed by atoms with Crippen molar-refractivity contribution in [2.24, 2.45) is 5.92 Å². The highest BCUT2D eigenvalue weighted by atomic mass is 16.5. The van der Waals surface area contributed by atoms with Gasteiger partial charge in [0.15, 0.2) is 0 Å². The number of rotatable bonds is 5. The molecular weight excluding hydrogens is 192 g/mol. The predicted octanol–water partition coefficient (Wildman–Crippen LogP) is 0.281. The van der Waals surface area contributed by atoms with E-state index in [1.807, 2.05) is 0 Å². The molecule has 0 aromatic rings. The van der Waals surface area contributed by atoms with Gasteiger partial charge in [0, 0.05) is 25.6 Å². The summed E-state index contributed by atoms with van der Waals surface area (Å²) in [5.41, 5.74) is 0. The van der Waals surface area contributed by atoms with Crippen LogP contribution >= 0.6 is 0 Å². The maximum absolute atomic E-state index is 11.5. The van der Waals surface area contributed by atoms with Gasteiger partial charge in [-0.2, -0.15) is 0 Å². The van der Waals surface area contributed by atoms with E-state index in [1.165, 1.54) is 12.8 Å². The molecular formula is C11H20N2O2. The van der Waals surface area contributed by atoms with E-state index in [2.05, 4.69) is 10.6 Å². The van der Waals surface area contributed by atoms with E-state index in [-0.39, 0.29) is 11.9 Å². The monoisotopic (exact) mass is 212 g/mol. The summed E-state index contributed by atoms with van der Waals surface area (Å²) in [5.74, 6) is 1.04. The smallest absolute Gasteiger partial charge is 0.221 e. The van der Waals surface area contributed by atoms with E-state index in [1.54, 1.807) is 0 Å². The Kier molecular flexibility index (Phi) is 3.97. The predicted molar refractivity (Wildman–Crippen MR) is 57.6 cm³/mol. The van der Waals surface area contributed by atoms with E-state index >= 15 is 0 Å². The number of nitrogens with one attached hydrogen (secondary N) is 2. The summed E-state index contributed by atoms with van der Waals surface area (Å²) in [5, 5.41) is 6.24. The second-order valence-corrected chi connectivity index (χ2v) is 4.51. The fraction of sp³-hybridized carbons (Fsp3) is 0.909. The van der Waals surface area contributed by atoms with Gasteiger partial charge < -0.3 is 15.4 Å². The number of amides is 1. The van der Waals surface area contributed by atoms with Gasteiger partial charge in [0.25, 0.3) is 0 Å². The summed E-state index contributed by atoms with van der Waals surface area (Å²) in [6.45, 7) is 3.13. The lowest BCUT2D eigenvalue weighted by Gasteiger charge is -2.23. The third kappa shape index (κ3) is 4.18. The first-order valence-corrected chi connectivity index (χ1v) is 5.92. The molecule has 2 aliphatic rings. The van der Waals surface area contributed by atoms with Crippen molar-refractivity contribution in [3.8, 4) is 0 Å². The van der Waals surface area contributed by atoms with Crippen molar-refractivity contribution >= 4 is 5.91 Å². The summed E-state index contributed by atoms with van der Waals surface area (Å²) < 4.78 is 5.29. The topological polar surface area (TPSA) is 50.4 Å². The first-order valence-electron chi connectivity index (χ1n) is 5.92. The molecule has 1 heterocycles. The highest BCUT2D eigenvalue weighted by Gasteiger charge is 2.21. The number of morpholine rings is 1. The van der Waals surface area contributed by atoms with Gasteiger partial charge in [0.2, 0.25) is 5.91 Å². The molecule has 1 amide bonds. The highest BCUT2D eigenvalue weighted by molar-refractivity contribution is 5.76. The molecule has 1 unspecified atom stereocenters. The Morgan fingerprint density at radius 3 is 3.00 bits per heavy atom. The lowest BCUT2D eigenvalue weighted by atomic mass is 10.2. The fourth-order valence-electron chi connectivity index (χ4n) is 1.87. The Morgan fingerprint density at radius 1 is 1.47 bits per heavy atom. The first kappa shape index (κ1) is 10.9. The van der Waals surface area contributed by atoms with Crippen LogP contribution in [0.25, 0.3) is 0 Å². The van der Waals surface area contributed by atoms with Crippen LogP contribution in [0.2, 0.25) is 0 Å². The number of hydrogen-bond donors (Lipinski definition) is 2. The Balaban J connectivity index is 1.54. The van der Waals surface area contributed by atoms with Gasteiger partial charge in [0.1, 0.15) is 0 Å². The third-order valence-corrected chi connectivity index (χ3v) is 3.00. The van der Waals surface area contributed by atoms with Crippen molar-refractivity contribution in [3.05, 3.63) is 0 Å². The highest BCUT2D eigenvalue weighted by Crippen LogP contribution is 2.31. The Morgan fingerprint density at radius 2 is 2.33 bits per heavy atom. The van der Waals surface area contributed by atoms with Crippen molar-refractivity contribution < 1.29 is 9.53 Å². The lowest BCUT2D eigenvalue weighted by molar-refractivity contribution is -0.122. The Labute approximate surface area is 90.8 Å². The molecule has 0 spiro atoms. The van der Waals surface area contributed by atoms with Crippen LogP contribution < -0.4 is 10.6 Å². The molecule has 2 fully saturated rings. The summed E-state index contributed by atoms with van der Waals surface area (Å²) >= 11 is 0. The maximum Gasteiger partial charge on any atom is 0.221 e. The normalized spacial score (nSPS) is 26.3. The zero-order valence-electron chi connectivity index (χ0n) is 9.13. The number of ether oxygens (including phenoxy) is 1. The van der Waals surface area contributed by atoms with Crippen molar-refractivity contribution in [2.45, 2.75) is 31.7 Å². The molecule has 1 aliphatic carbocycles. The Bertz CT molecular complexity index is 211. The molecule has 4 nitrogen and oxygen atoms in total. The molecule has 1 aliphatic heterocycles. The number of carbonyl (C=O) groups is 1. The van der Waals surface area contributed by atoms with Gasteiger partial charge in [-0.25, -0.2) is 0 Å². The molecule has 1 saturated carbocycles. The summed E-state index contributed by atoms with van der Waals surface area (Å²) in [7, 11) is 0. The molecule has 15 heavy (non-hydrogen) atoms. The van der Waals surface area contributed by atoms with Crippen LogP contribution in [0.15, 0.2) is 0 Å². The van der Waals surface area contributed by atoms with Gasteiger partial charge in [0.05, 0.1) is 13.2 Å². The van der Waals surface area contributed by atoms with E-state index < -0.39 is 0 Å². The standard InChI is InChI=1S/C11H20N2O2/c14-11(13-4-3-9-1-2-9)7-10-8-15-6-5-12-10/h9-10,12H,1-8H2,(H,13,14). The van der Waals surface area contributed by atoms with Crippen LogP contribution in [0, 0.1) is 5.92 Å². The van der Waals surface area contributed by atoms with Crippen LogP contribution in [-0.4, -0.2) is 38.3 Å². The van der Waals surface area contributed by atoms with E-state index in [4.69, 9.17) is 4.74 Å². The molecule has 4 heteroatoms. The lowest BCUT2D eigenvalue weighted by Crippen LogP contribution is -2.44. The van der Waals surface area contributed by atoms with Crippen molar-refractivity contribution in [1.82, 2.24) is 10.6 Å². The van der Waals surface area contributed by atoms with Crippen molar-refractivity contribution in [2.75, 3.05) is 26.3 Å². The minimum Gasteiger partial charge on any atom is -0.378 e. The van der Waals surface area contributed by atoms with Crippen molar-refractivity contribution in [1.29, 1.82) is 0 Å². The van der Waals surface area contributed by atoms with E-state index in [0.29, 0.717) is 13.0 Å². The van der Waals surface area contributed by atoms with Gasteiger partial charge in [-0.3, -0.25) is 4.79 Å². The van der Waals surface area contributed by atoms with Crippen LogP contribution in [0.3, 0.4) is 0 Å². The average Bonchev–Trinajstić information content (AvgIpc) is 3.03. The molecule has 86 valence electrons. The fourth-order valence-corrected chi connectivity index (χ4v) is 1.87. The molecule has 2 N–H and O–H groups in total. The third-order valence-electron chi connectivity index (χ3n) is 3.00. The van der Waals surface area contributed by atoms with E-state index in [0.717, 1.165) is 32.0 Å². The number of carbonyl (C=O) groups excluding carboxylic acids is 1. The van der Waals surface area contributed by atoms with Crippen LogP contribution in [0.5, 0.6) is 0 Å². The average molecular weight is 212 g/mol. The summed E-state index contributed by atoms with van der Waals surface area (Å²) in [4.78, 5) is 11.5. The van der Waals surface area contributed by atoms with Crippen LogP contribution in [0.4, 0.5) is 0 Å². The quantitative estimate of drug-likeness (QED) is 0.688. The Hall–Kier alpha value is -0.610. The zero-order valence-corrected chi connectivity index (χ0v) is 9.13. The van der Waals surface area contributed by atoms with Crippen LogP contribution in [-0.2, 0) is 9.53 Å². The molecule has 0 bridgehead atoms. The minimum absolute atomic E-state index is 0.152. The summed E-state index contributed by atoms with van der Waals surface area (Å²) in [6, 6.07) is 0.208. The number of hydrogen-bond acceptors (Lipinski definition) is 3. The second kappa shape index (κ2) is 5.47. The van der Waals surface area contributed by atoms with Gasteiger partial charge in [-0.1, -0.05) is 12.8 Å². The summed E-state index contributed by atoms with van der Waals surface area (Å²) in [6.07, 6.45) is 4.41. The zero-order chi connectivity index (χ0) is 10.5. The van der Waals surface area contributed by atoms with E-state index in [9.17, 15) is 4.79 Å². The molecule has 1 saturated heterocycles. The second-order valence-electron chi connectivity index (χ2n) is 4.51. The molecule has 1 atom stereocenters. The molecule has 0 radical (unpaired) electrons. The molecule has 0 aromatic heterocycles. The molecule has 0 aromatic carbocycles.